The molecule has 2 rings (SSSR count). The predicted molar refractivity (Wildman–Crippen MR) is 86.3 cm³/mol. The fourth-order valence-electron chi connectivity index (χ4n) is 2.16. The number of methoxy groups -OCH3 is 2. The standard InChI is InChI=1S/C17H20ClNO2/c1-12(13-4-7-16(20-2)8-5-13)19-11-14-10-15(18)6-9-17(14)21-3/h4-10,12,19H,11H2,1-3H3/t12-/m1/s1. The number of hydrogen-bond acceptors (Lipinski definition) is 3. The van der Waals surface area contributed by atoms with Crippen LogP contribution in [0.1, 0.15) is 24.1 Å². The third kappa shape index (κ3) is 4.13. The Morgan fingerprint density at radius 3 is 2.38 bits per heavy atom. The first-order chi connectivity index (χ1) is 10.1. The van der Waals surface area contributed by atoms with Crippen molar-refractivity contribution < 1.29 is 9.47 Å². The van der Waals surface area contributed by atoms with Crippen LogP contribution in [0.4, 0.5) is 0 Å². The fraction of sp³-hybridized carbons (Fsp3) is 0.294. The Morgan fingerprint density at radius 2 is 1.76 bits per heavy atom. The van der Waals surface area contributed by atoms with Crippen LogP contribution in [0.25, 0.3) is 0 Å². The molecule has 0 saturated carbocycles. The first-order valence-electron chi connectivity index (χ1n) is 6.83. The molecule has 0 amide bonds. The highest BCUT2D eigenvalue weighted by Gasteiger charge is 2.08. The summed E-state index contributed by atoms with van der Waals surface area (Å²) in [4.78, 5) is 0. The summed E-state index contributed by atoms with van der Waals surface area (Å²) in [5.74, 6) is 1.70. The zero-order chi connectivity index (χ0) is 15.2. The minimum Gasteiger partial charge on any atom is -0.497 e. The Kier molecular flexibility index (Phi) is 5.48. The molecule has 0 aliphatic carbocycles. The maximum Gasteiger partial charge on any atom is 0.123 e. The highest BCUT2D eigenvalue weighted by Crippen LogP contribution is 2.24. The summed E-state index contributed by atoms with van der Waals surface area (Å²) in [6.07, 6.45) is 0. The summed E-state index contributed by atoms with van der Waals surface area (Å²) in [5, 5.41) is 4.19. The van der Waals surface area contributed by atoms with E-state index in [2.05, 4.69) is 24.4 Å². The molecule has 0 aromatic heterocycles. The molecule has 0 fully saturated rings. The second-order valence-corrected chi connectivity index (χ2v) is 5.27. The van der Waals surface area contributed by atoms with E-state index < -0.39 is 0 Å². The van der Waals surface area contributed by atoms with Gasteiger partial charge in [-0.15, -0.1) is 0 Å². The van der Waals surface area contributed by atoms with Crippen molar-refractivity contribution in [3.05, 3.63) is 58.6 Å². The molecule has 0 bridgehead atoms. The SMILES string of the molecule is COc1ccc([C@@H](C)NCc2cc(Cl)ccc2OC)cc1. The molecule has 4 heteroatoms. The van der Waals surface area contributed by atoms with Crippen molar-refractivity contribution >= 4 is 11.6 Å². The summed E-state index contributed by atoms with van der Waals surface area (Å²) in [7, 11) is 3.34. The maximum absolute atomic E-state index is 6.04. The van der Waals surface area contributed by atoms with Gasteiger partial charge < -0.3 is 14.8 Å². The van der Waals surface area contributed by atoms with E-state index in [1.807, 2.05) is 30.3 Å². The molecule has 1 atom stereocenters. The van der Waals surface area contributed by atoms with Gasteiger partial charge in [-0.05, 0) is 42.8 Å². The maximum atomic E-state index is 6.04. The molecule has 0 aliphatic heterocycles. The second-order valence-electron chi connectivity index (χ2n) is 4.83. The molecule has 112 valence electrons. The van der Waals surface area contributed by atoms with Crippen LogP contribution >= 0.6 is 11.6 Å². The molecule has 0 saturated heterocycles. The summed E-state index contributed by atoms with van der Waals surface area (Å²) in [5.41, 5.74) is 2.25. The van der Waals surface area contributed by atoms with Crippen molar-refractivity contribution in [3.8, 4) is 11.5 Å². The molecule has 0 heterocycles. The number of hydrogen-bond donors (Lipinski definition) is 1. The first-order valence-corrected chi connectivity index (χ1v) is 7.21. The molecule has 0 unspecified atom stereocenters. The first kappa shape index (κ1) is 15.7. The summed E-state index contributed by atoms with van der Waals surface area (Å²) in [6.45, 7) is 2.82. The normalized spacial score (nSPS) is 12.0. The Labute approximate surface area is 130 Å². The average molecular weight is 306 g/mol. The molecular weight excluding hydrogens is 286 g/mol. The van der Waals surface area contributed by atoms with E-state index in [4.69, 9.17) is 21.1 Å². The Bertz CT molecular complexity index is 584. The lowest BCUT2D eigenvalue weighted by molar-refractivity contribution is 0.406. The lowest BCUT2D eigenvalue weighted by atomic mass is 10.1. The van der Waals surface area contributed by atoms with Crippen molar-refractivity contribution in [2.45, 2.75) is 19.5 Å². The topological polar surface area (TPSA) is 30.5 Å². The molecule has 2 aromatic carbocycles. The van der Waals surface area contributed by atoms with Gasteiger partial charge in [-0.2, -0.15) is 0 Å². The fourth-order valence-corrected chi connectivity index (χ4v) is 2.35. The molecule has 3 nitrogen and oxygen atoms in total. The van der Waals surface area contributed by atoms with Gasteiger partial charge in [0.25, 0.3) is 0 Å². The van der Waals surface area contributed by atoms with Gasteiger partial charge in [-0.3, -0.25) is 0 Å². The van der Waals surface area contributed by atoms with Gasteiger partial charge in [0, 0.05) is 23.2 Å². The van der Waals surface area contributed by atoms with E-state index in [-0.39, 0.29) is 6.04 Å². The molecular formula is C17H20ClNO2. The van der Waals surface area contributed by atoms with Gasteiger partial charge in [0.1, 0.15) is 11.5 Å². The van der Waals surface area contributed by atoms with Crippen LogP contribution in [-0.4, -0.2) is 14.2 Å². The summed E-state index contributed by atoms with van der Waals surface area (Å²) in [6, 6.07) is 13.9. The van der Waals surface area contributed by atoms with Crippen LogP contribution in [-0.2, 0) is 6.54 Å². The molecule has 2 aromatic rings. The highest BCUT2D eigenvalue weighted by atomic mass is 35.5. The number of halogens is 1. The largest absolute Gasteiger partial charge is 0.497 e. The minimum atomic E-state index is 0.222. The quantitative estimate of drug-likeness (QED) is 0.867. The minimum absolute atomic E-state index is 0.222. The Morgan fingerprint density at radius 1 is 1.05 bits per heavy atom. The highest BCUT2D eigenvalue weighted by molar-refractivity contribution is 6.30. The van der Waals surface area contributed by atoms with Gasteiger partial charge in [-0.25, -0.2) is 0 Å². The van der Waals surface area contributed by atoms with Crippen molar-refractivity contribution in [2.75, 3.05) is 14.2 Å². The monoisotopic (exact) mass is 305 g/mol. The molecule has 0 radical (unpaired) electrons. The summed E-state index contributed by atoms with van der Waals surface area (Å²) < 4.78 is 10.5. The van der Waals surface area contributed by atoms with Gasteiger partial charge in [0.2, 0.25) is 0 Å². The zero-order valence-electron chi connectivity index (χ0n) is 12.5. The van der Waals surface area contributed by atoms with Crippen LogP contribution in [0.2, 0.25) is 5.02 Å². The number of nitrogens with one attached hydrogen (secondary N) is 1. The molecule has 21 heavy (non-hydrogen) atoms. The molecule has 0 aliphatic rings. The van der Waals surface area contributed by atoms with Gasteiger partial charge in [0.15, 0.2) is 0 Å². The smallest absolute Gasteiger partial charge is 0.123 e. The number of rotatable bonds is 6. The summed E-state index contributed by atoms with van der Waals surface area (Å²) >= 11 is 6.04. The Hall–Kier alpha value is -1.71. The van der Waals surface area contributed by atoms with Crippen LogP contribution in [0, 0.1) is 0 Å². The van der Waals surface area contributed by atoms with E-state index in [0.29, 0.717) is 11.6 Å². The van der Waals surface area contributed by atoms with Crippen molar-refractivity contribution in [1.29, 1.82) is 0 Å². The van der Waals surface area contributed by atoms with E-state index in [9.17, 15) is 0 Å². The molecule has 1 N–H and O–H groups in total. The van der Waals surface area contributed by atoms with Gasteiger partial charge >= 0.3 is 0 Å². The lowest BCUT2D eigenvalue weighted by Gasteiger charge is -2.16. The van der Waals surface area contributed by atoms with Gasteiger partial charge in [0.05, 0.1) is 14.2 Å². The van der Waals surface area contributed by atoms with Crippen LogP contribution < -0.4 is 14.8 Å². The van der Waals surface area contributed by atoms with E-state index in [1.54, 1.807) is 14.2 Å². The van der Waals surface area contributed by atoms with E-state index in [0.717, 1.165) is 17.1 Å². The third-order valence-electron chi connectivity index (χ3n) is 3.46. The Balaban J connectivity index is 2.03. The second kappa shape index (κ2) is 7.34. The van der Waals surface area contributed by atoms with Crippen LogP contribution in [0.3, 0.4) is 0 Å². The van der Waals surface area contributed by atoms with E-state index in [1.165, 1.54) is 5.56 Å². The lowest BCUT2D eigenvalue weighted by Crippen LogP contribution is -2.18. The van der Waals surface area contributed by atoms with Crippen molar-refractivity contribution in [1.82, 2.24) is 5.32 Å². The van der Waals surface area contributed by atoms with Crippen LogP contribution in [0.5, 0.6) is 11.5 Å². The number of benzene rings is 2. The third-order valence-corrected chi connectivity index (χ3v) is 3.69. The van der Waals surface area contributed by atoms with Gasteiger partial charge in [-0.1, -0.05) is 23.7 Å². The van der Waals surface area contributed by atoms with Crippen molar-refractivity contribution in [3.63, 3.8) is 0 Å². The molecule has 0 spiro atoms. The number of ether oxygens (including phenoxy) is 2. The van der Waals surface area contributed by atoms with Crippen LogP contribution in [0.15, 0.2) is 42.5 Å². The zero-order valence-corrected chi connectivity index (χ0v) is 13.3. The average Bonchev–Trinajstić information content (AvgIpc) is 2.52. The van der Waals surface area contributed by atoms with E-state index >= 15 is 0 Å². The van der Waals surface area contributed by atoms with Crippen molar-refractivity contribution in [2.24, 2.45) is 0 Å². The predicted octanol–water partition coefficient (Wildman–Crippen LogP) is 4.21.